The summed E-state index contributed by atoms with van der Waals surface area (Å²) in [6, 6.07) is 4.19. The summed E-state index contributed by atoms with van der Waals surface area (Å²) in [4.78, 5) is 11.0. The van der Waals surface area contributed by atoms with E-state index in [1.165, 1.54) is 25.0 Å². The molecule has 0 aromatic heterocycles. The van der Waals surface area contributed by atoms with E-state index in [1.807, 2.05) is 0 Å². The Kier molecular flexibility index (Phi) is 5.31. The van der Waals surface area contributed by atoms with E-state index in [2.05, 4.69) is 0 Å². The van der Waals surface area contributed by atoms with Crippen molar-refractivity contribution in [2.24, 2.45) is 11.5 Å². The molecule has 0 spiro atoms. The van der Waals surface area contributed by atoms with E-state index in [4.69, 9.17) is 16.2 Å². The number of amides is 1. The second-order valence-corrected chi connectivity index (χ2v) is 5.94. The third-order valence-electron chi connectivity index (χ3n) is 4.08. The van der Waals surface area contributed by atoms with Crippen LogP contribution in [-0.2, 0) is 11.3 Å². The maximum absolute atomic E-state index is 13.8. The van der Waals surface area contributed by atoms with Crippen molar-refractivity contribution in [3.63, 3.8) is 0 Å². The normalized spacial score (nSPS) is 18.2. The molecule has 0 saturated heterocycles. The van der Waals surface area contributed by atoms with E-state index < -0.39 is 11.7 Å². The number of nitrogens with two attached hydrogens (primary N) is 2. The van der Waals surface area contributed by atoms with E-state index in [-0.39, 0.29) is 17.7 Å². The molecule has 21 heavy (non-hydrogen) atoms. The number of halogens is 1. The fraction of sp³-hybridized carbons (Fsp3) is 0.562. The van der Waals surface area contributed by atoms with Crippen molar-refractivity contribution in [2.75, 3.05) is 6.61 Å². The van der Waals surface area contributed by atoms with Gasteiger partial charge in [-0.1, -0.05) is 31.7 Å². The Balaban J connectivity index is 1.89. The third-order valence-corrected chi connectivity index (χ3v) is 4.08. The molecule has 4 nitrogen and oxygen atoms in total. The van der Waals surface area contributed by atoms with Crippen molar-refractivity contribution >= 4 is 5.91 Å². The zero-order chi connectivity index (χ0) is 15.3. The van der Waals surface area contributed by atoms with Gasteiger partial charge in [-0.2, -0.15) is 0 Å². The molecule has 0 aliphatic heterocycles. The van der Waals surface area contributed by atoms with Gasteiger partial charge in [-0.15, -0.1) is 0 Å². The Morgan fingerprint density at radius 2 is 1.90 bits per heavy atom. The number of carbonyl (C=O) groups is 1. The first-order valence-electron chi connectivity index (χ1n) is 7.45. The molecule has 116 valence electrons. The van der Waals surface area contributed by atoms with Gasteiger partial charge in [0.25, 0.3) is 0 Å². The summed E-state index contributed by atoms with van der Waals surface area (Å²) in [6.07, 6.45) is 6.61. The van der Waals surface area contributed by atoms with Crippen molar-refractivity contribution in [1.82, 2.24) is 0 Å². The Bertz CT molecular complexity index is 497. The number of carbonyl (C=O) groups excluding carboxylic acids is 1. The Labute approximate surface area is 124 Å². The molecule has 0 heterocycles. The predicted molar refractivity (Wildman–Crippen MR) is 79.2 cm³/mol. The second kappa shape index (κ2) is 7.00. The SMILES string of the molecule is NC(=O)c1ccc(COCC2(N)CCCCCC2)c(F)c1. The van der Waals surface area contributed by atoms with E-state index in [0.29, 0.717) is 12.2 Å². The van der Waals surface area contributed by atoms with Gasteiger partial charge in [0.2, 0.25) is 5.91 Å². The van der Waals surface area contributed by atoms with Crippen molar-refractivity contribution in [3.8, 4) is 0 Å². The Hall–Kier alpha value is -1.46. The largest absolute Gasteiger partial charge is 0.375 e. The number of hydrogen-bond donors (Lipinski definition) is 2. The van der Waals surface area contributed by atoms with Crippen molar-refractivity contribution in [1.29, 1.82) is 0 Å². The number of primary amides is 1. The van der Waals surface area contributed by atoms with Gasteiger partial charge in [-0.3, -0.25) is 4.79 Å². The zero-order valence-corrected chi connectivity index (χ0v) is 12.2. The first kappa shape index (κ1) is 15.9. The van der Waals surface area contributed by atoms with Crippen LogP contribution in [0.1, 0.15) is 54.4 Å². The van der Waals surface area contributed by atoms with Crippen molar-refractivity contribution in [2.45, 2.75) is 50.7 Å². The molecule has 4 N–H and O–H groups in total. The van der Waals surface area contributed by atoms with Gasteiger partial charge in [-0.05, 0) is 25.0 Å². The predicted octanol–water partition coefficient (Wildman–Crippen LogP) is 2.49. The highest BCUT2D eigenvalue weighted by Gasteiger charge is 2.26. The fourth-order valence-corrected chi connectivity index (χ4v) is 2.76. The van der Waals surface area contributed by atoms with E-state index in [9.17, 15) is 9.18 Å². The second-order valence-electron chi connectivity index (χ2n) is 5.94. The van der Waals surface area contributed by atoms with Gasteiger partial charge in [0.05, 0.1) is 13.2 Å². The molecule has 1 amide bonds. The van der Waals surface area contributed by atoms with Crippen LogP contribution >= 0.6 is 0 Å². The molecule has 1 saturated carbocycles. The molecule has 0 radical (unpaired) electrons. The fourth-order valence-electron chi connectivity index (χ4n) is 2.76. The molecule has 1 aromatic carbocycles. The highest BCUT2D eigenvalue weighted by molar-refractivity contribution is 5.92. The van der Waals surface area contributed by atoms with E-state index in [0.717, 1.165) is 31.7 Å². The van der Waals surface area contributed by atoms with Crippen LogP contribution in [0.25, 0.3) is 0 Å². The van der Waals surface area contributed by atoms with Crippen LogP contribution in [0.5, 0.6) is 0 Å². The van der Waals surface area contributed by atoms with Gasteiger partial charge in [-0.25, -0.2) is 4.39 Å². The van der Waals surface area contributed by atoms with Crippen molar-refractivity contribution in [3.05, 3.63) is 35.1 Å². The summed E-state index contributed by atoms with van der Waals surface area (Å²) >= 11 is 0. The molecule has 0 bridgehead atoms. The Morgan fingerprint density at radius 1 is 1.24 bits per heavy atom. The van der Waals surface area contributed by atoms with E-state index in [1.54, 1.807) is 0 Å². The Morgan fingerprint density at radius 3 is 2.48 bits per heavy atom. The average Bonchev–Trinajstić information content (AvgIpc) is 2.65. The molecule has 2 rings (SSSR count). The smallest absolute Gasteiger partial charge is 0.248 e. The monoisotopic (exact) mass is 294 g/mol. The summed E-state index contributed by atoms with van der Waals surface area (Å²) < 4.78 is 19.4. The molecular formula is C16H23FN2O2. The summed E-state index contributed by atoms with van der Waals surface area (Å²) in [5, 5.41) is 0. The van der Waals surface area contributed by atoms with Crippen molar-refractivity contribution < 1.29 is 13.9 Å². The van der Waals surface area contributed by atoms with Gasteiger partial charge in [0.1, 0.15) is 5.82 Å². The zero-order valence-electron chi connectivity index (χ0n) is 12.2. The third kappa shape index (κ3) is 4.51. The van der Waals surface area contributed by atoms with Gasteiger partial charge in [0, 0.05) is 16.7 Å². The standard InChI is InChI=1S/C16H23FN2O2/c17-14-9-12(15(18)20)5-6-13(14)10-21-11-16(19)7-3-1-2-4-8-16/h5-6,9H,1-4,7-8,10-11,19H2,(H2,18,20). The molecule has 1 fully saturated rings. The number of ether oxygens (including phenoxy) is 1. The van der Waals surface area contributed by atoms with Crippen LogP contribution in [0.15, 0.2) is 18.2 Å². The molecule has 1 aliphatic carbocycles. The maximum Gasteiger partial charge on any atom is 0.248 e. The molecule has 1 aromatic rings. The van der Waals surface area contributed by atoms with E-state index >= 15 is 0 Å². The molecule has 5 heteroatoms. The first-order chi connectivity index (χ1) is 10.0. The molecule has 1 aliphatic rings. The summed E-state index contributed by atoms with van der Waals surface area (Å²) in [5.41, 5.74) is 11.7. The van der Waals surface area contributed by atoms with Crippen LogP contribution in [-0.4, -0.2) is 18.1 Å². The van der Waals surface area contributed by atoms with Crippen LogP contribution in [0.4, 0.5) is 4.39 Å². The van der Waals surface area contributed by atoms with Gasteiger partial charge < -0.3 is 16.2 Å². The number of benzene rings is 1. The lowest BCUT2D eigenvalue weighted by Gasteiger charge is -2.27. The first-order valence-corrected chi connectivity index (χ1v) is 7.45. The summed E-state index contributed by atoms with van der Waals surface area (Å²) in [7, 11) is 0. The molecular weight excluding hydrogens is 271 g/mol. The van der Waals surface area contributed by atoms with Gasteiger partial charge >= 0.3 is 0 Å². The summed E-state index contributed by atoms with van der Waals surface area (Å²) in [6.45, 7) is 0.591. The lowest BCUT2D eigenvalue weighted by atomic mass is 9.92. The average molecular weight is 294 g/mol. The topological polar surface area (TPSA) is 78.3 Å². The minimum absolute atomic E-state index is 0.157. The lowest BCUT2D eigenvalue weighted by Crippen LogP contribution is -2.43. The van der Waals surface area contributed by atoms with Crippen LogP contribution in [0, 0.1) is 5.82 Å². The number of hydrogen-bond acceptors (Lipinski definition) is 3. The highest BCUT2D eigenvalue weighted by Crippen LogP contribution is 2.25. The minimum Gasteiger partial charge on any atom is -0.375 e. The quantitative estimate of drug-likeness (QED) is 0.819. The maximum atomic E-state index is 13.8. The molecule has 0 atom stereocenters. The number of rotatable bonds is 5. The minimum atomic E-state index is -0.638. The highest BCUT2D eigenvalue weighted by atomic mass is 19.1. The van der Waals surface area contributed by atoms with Crippen LogP contribution in [0.2, 0.25) is 0 Å². The van der Waals surface area contributed by atoms with Crippen LogP contribution in [0.3, 0.4) is 0 Å². The van der Waals surface area contributed by atoms with Crippen LogP contribution < -0.4 is 11.5 Å². The lowest BCUT2D eigenvalue weighted by molar-refractivity contribution is 0.0651. The molecule has 0 unspecified atom stereocenters. The van der Waals surface area contributed by atoms with Gasteiger partial charge in [0.15, 0.2) is 0 Å². The summed E-state index contributed by atoms with van der Waals surface area (Å²) in [5.74, 6) is -1.11.